The van der Waals surface area contributed by atoms with E-state index in [2.05, 4.69) is 4.98 Å². The maximum Gasteiger partial charge on any atom is 0.270 e. The standard InChI is InChI=1S/C10H15N3O2/c1-7(11)6-13(2)10(15)8-4-3-5-9(14)12-8/h3-5,7H,6,11H2,1-2H3,(H,12,14). The fourth-order valence-electron chi connectivity index (χ4n) is 1.29. The van der Waals surface area contributed by atoms with Crippen LogP contribution >= 0.6 is 0 Å². The quantitative estimate of drug-likeness (QED) is 0.723. The maximum absolute atomic E-state index is 11.7. The molecule has 1 amide bonds. The molecule has 1 aromatic rings. The molecule has 5 nitrogen and oxygen atoms in total. The lowest BCUT2D eigenvalue weighted by Crippen LogP contribution is -2.37. The van der Waals surface area contributed by atoms with Crippen LogP contribution in [-0.2, 0) is 0 Å². The maximum atomic E-state index is 11.7. The van der Waals surface area contributed by atoms with Gasteiger partial charge in [0.1, 0.15) is 5.69 Å². The molecule has 0 aliphatic heterocycles. The highest BCUT2D eigenvalue weighted by atomic mass is 16.2. The number of amides is 1. The van der Waals surface area contributed by atoms with Crippen molar-refractivity contribution in [2.45, 2.75) is 13.0 Å². The summed E-state index contributed by atoms with van der Waals surface area (Å²) >= 11 is 0. The molecule has 3 N–H and O–H groups in total. The van der Waals surface area contributed by atoms with Gasteiger partial charge in [0.15, 0.2) is 0 Å². The average molecular weight is 209 g/mol. The van der Waals surface area contributed by atoms with Gasteiger partial charge in [-0.05, 0) is 13.0 Å². The molecule has 0 fully saturated rings. The van der Waals surface area contributed by atoms with E-state index >= 15 is 0 Å². The van der Waals surface area contributed by atoms with E-state index in [9.17, 15) is 9.59 Å². The largest absolute Gasteiger partial charge is 0.339 e. The normalized spacial score (nSPS) is 12.2. The molecule has 0 aliphatic rings. The van der Waals surface area contributed by atoms with E-state index in [-0.39, 0.29) is 23.2 Å². The Morgan fingerprint density at radius 2 is 2.27 bits per heavy atom. The number of carbonyl (C=O) groups excluding carboxylic acids is 1. The van der Waals surface area contributed by atoms with Crippen molar-refractivity contribution in [3.8, 4) is 0 Å². The third-order valence-corrected chi connectivity index (χ3v) is 1.91. The van der Waals surface area contributed by atoms with Crippen molar-refractivity contribution in [1.82, 2.24) is 9.88 Å². The number of likely N-dealkylation sites (N-methyl/N-ethyl adjacent to an activating group) is 1. The van der Waals surface area contributed by atoms with E-state index in [1.807, 2.05) is 6.92 Å². The van der Waals surface area contributed by atoms with Crippen molar-refractivity contribution < 1.29 is 4.79 Å². The summed E-state index contributed by atoms with van der Waals surface area (Å²) in [5.41, 5.74) is 5.57. The van der Waals surface area contributed by atoms with Gasteiger partial charge in [0, 0.05) is 25.7 Å². The van der Waals surface area contributed by atoms with Crippen LogP contribution in [0.2, 0.25) is 0 Å². The molecule has 0 spiro atoms. The molecular formula is C10H15N3O2. The SMILES string of the molecule is CC(N)CN(C)C(=O)c1cccc(=O)[nH]1. The number of nitrogens with zero attached hydrogens (tertiary/aromatic N) is 1. The summed E-state index contributed by atoms with van der Waals surface area (Å²) in [5.74, 6) is -0.231. The van der Waals surface area contributed by atoms with Gasteiger partial charge in [-0.1, -0.05) is 6.07 Å². The molecule has 15 heavy (non-hydrogen) atoms. The first-order chi connectivity index (χ1) is 7.00. The van der Waals surface area contributed by atoms with E-state index in [4.69, 9.17) is 5.73 Å². The van der Waals surface area contributed by atoms with E-state index < -0.39 is 0 Å². The third kappa shape index (κ3) is 3.21. The molecule has 0 radical (unpaired) electrons. The summed E-state index contributed by atoms with van der Waals surface area (Å²) in [6, 6.07) is 4.39. The van der Waals surface area contributed by atoms with Gasteiger partial charge >= 0.3 is 0 Å². The predicted octanol–water partition coefficient (Wildman–Crippen LogP) is -0.206. The van der Waals surface area contributed by atoms with Crippen LogP contribution in [0.25, 0.3) is 0 Å². The number of hydrogen-bond acceptors (Lipinski definition) is 3. The number of aromatic nitrogens is 1. The second-order valence-electron chi connectivity index (χ2n) is 3.59. The molecule has 0 saturated heterocycles. The zero-order valence-corrected chi connectivity index (χ0v) is 8.86. The molecule has 0 bridgehead atoms. The summed E-state index contributed by atoms with van der Waals surface area (Å²) in [6.07, 6.45) is 0. The lowest BCUT2D eigenvalue weighted by molar-refractivity contribution is 0.0782. The minimum atomic E-state index is -0.282. The van der Waals surface area contributed by atoms with Crippen LogP contribution < -0.4 is 11.3 Å². The van der Waals surface area contributed by atoms with E-state index in [1.165, 1.54) is 11.0 Å². The van der Waals surface area contributed by atoms with Gasteiger partial charge in [0.05, 0.1) is 0 Å². The first kappa shape index (κ1) is 11.5. The number of H-pyrrole nitrogens is 1. The van der Waals surface area contributed by atoms with E-state index in [1.54, 1.807) is 19.2 Å². The van der Waals surface area contributed by atoms with Crippen LogP contribution in [0.1, 0.15) is 17.4 Å². The fraction of sp³-hybridized carbons (Fsp3) is 0.400. The zero-order chi connectivity index (χ0) is 11.4. The van der Waals surface area contributed by atoms with Gasteiger partial charge < -0.3 is 15.6 Å². The van der Waals surface area contributed by atoms with Gasteiger partial charge in [-0.25, -0.2) is 0 Å². The second-order valence-corrected chi connectivity index (χ2v) is 3.59. The fourth-order valence-corrected chi connectivity index (χ4v) is 1.29. The second kappa shape index (κ2) is 4.75. The van der Waals surface area contributed by atoms with Gasteiger partial charge in [0.2, 0.25) is 5.56 Å². The Bertz CT molecular complexity index is 398. The first-order valence-electron chi connectivity index (χ1n) is 4.71. The Balaban J connectivity index is 2.80. The van der Waals surface area contributed by atoms with Gasteiger partial charge in [-0.2, -0.15) is 0 Å². The Hall–Kier alpha value is -1.62. The Kier molecular flexibility index (Phi) is 3.62. The highest BCUT2D eigenvalue weighted by Crippen LogP contribution is 1.97. The first-order valence-corrected chi connectivity index (χ1v) is 4.71. The van der Waals surface area contributed by atoms with Crippen LogP contribution in [0.4, 0.5) is 0 Å². The zero-order valence-electron chi connectivity index (χ0n) is 8.86. The smallest absolute Gasteiger partial charge is 0.270 e. The monoisotopic (exact) mass is 209 g/mol. The molecule has 1 heterocycles. The van der Waals surface area contributed by atoms with Crippen LogP contribution in [-0.4, -0.2) is 35.4 Å². The summed E-state index contributed by atoms with van der Waals surface area (Å²) in [7, 11) is 1.65. The minimum absolute atomic E-state index is 0.0885. The minimum Gasteiger partial charge on any atom is -0.339 e. The lowest BCUT2D eigenvalue weighted by atomic mass is 10.3. The van der Waals surface area contributed by atoms with Crippen LogP contribution in [0, 0.1) is 0 Å². The highest BCUT2D eigenvalue weighted by Gasteiger charge is 2.12. The number of nitrogens with two attached hydrogens (primary N) is 1. The molecule has 0 aromatic carbocycles. The number of pyridine rings is 1. The number of rotatable bonds is 3. The van der Waals surface area contributed by atoms with Gasteiger partial charge in [-0.3, -0.25) is 9.59 Å². The molecule has 1 aromatic heterocycles. The van der Waals surface area contributed by atoms with Crippen molar-refractivity contribution in [2.75, 3.05) is 13.6 Å². The van der Waals surface area contributed by atoms with Crippen LogP contribution in [0.15, 0.2) is 23.0 Å². The molecule has 0 saturated carbocycles. The number of carbonyl (C=O) groups is 1. The number of nitrogens with one attached hydrogen (secondary N) is 1. The molecule has 1 unspecified atom stereocenters. The topological polar surface area (TPSA) is 79.2 Å². The Labute approximate surface area is 87.9 Å². The number of aromatic amines is 1. The van der Waals surface area contributed by atoms with Crippen molar-refractivity contribution in [3.63, 3.8) is 0 Å². The Morgan fingerprint density at radius 3 is 2.80 bits per heavy atom. The molecular weight excluding hydrogens is 194 g/mol. The van der Waals surface area contributed by atoms with E-state index in [0.717, 1.165) is 0 Å². The summed E-state index contributed by atoms with van der Waals surface area (Å²) < 4.78 is 0. The highest BCUT2D eigenvalue weighted by molar-refractivity contribution is 5.92. The molecule has 1 atom stereocenters. The summed E-state index contributed by atoms with van der Waals surface area (Å²) in [5, 5.41) is 0. The van der Waals surface area contributed by atoms with E-state index in [0.29, 0.717) is 6.54 Å². The molecule has 0 aliphatic carbocycles. The van der Waals surface area contributed by atoms with Crippen LogP contribution in [0.3, 0.4) is 0 Å². The lowest BCUT2D eigenvalue weighted by Gasteiger charge is -2.18. The molecule has 1 rings (SSSR count). The molecule has 82 valence electrons. The van der Waals surface area contributed by atoms with Gasteiger partial charge in [-0.15, -0.1) is 0 Å². The van der Waals surface area contributed by atoms with Crippen molar-refractivity contribution >= 4 is 5.91 Å². The van der Waals surface area contributed by atoms with Gasteiger partial charge in [0.25, 0.3) is 5.91 Å². The van der Waals surface area contributed by atoms with Crippen molar-refractivity contribution in [1.29, 1.82) is 0 Å². The Morgan fingerprint density at radius 1 is 1.60 bits per heavy atom. The summed E-state index contributed by atoms with van der Waals surface area (Å²) in [6.45, 7) is 2.27. The predicted molar refractivity (Wildman–Crippen MR) is 57.7 cm³/mol. The van der Waals surface area contributed by atoms with Crippen molar-refractivity contribution in [2.24, 2.45) is 5.73 Å². The van der Waals surface area contributed by atoms with Crippen molar-refractivity contribution in [3.05, 3.63) is 34.2 Å². The number of hydrogen-bond donors (Lipinski definition) is 2. The average Bonchev–Trinajstić information content (AvgIpc) is 2.15. The summed E-state index contributed by atoms with van der Waals surface area (Å²) in [4.78, 5) is 26.7. The molecule has 5 heteroatoms. The van der Waals surface area contributed by atoms with Crippen LogP contribution in [0.5, 0.6) is 0 Å². The third-order valence-electron chi connectivity index (χ3n) is 1.91.